The Morgan fingerprint density at radius 3 is 2.11 bits per heavy atom. The SMILES string of the molecule is CCS(=O)(=O)Nc1cccc(C2=NN(S(=O)(=O)c3ccc(OC)cc3)[C@H](c3ccc(OC)cc3)C2)c1. The molecule has 0 fully saturated rings. The number of benzene rings is 3. The first-order valence-electron chi connectivity index (χ1n) is 11.2. The summed E-state index contributed by atoms with van der Waals surface area (Å²) in [5, 5.41) is 4.53. The number of rotatable bonds is 9. The second-order valence-corrected chi connectivity index (χ2v) is 11.9. The molecule has 0 aromatic heterocycles. The highest BCUT2D eigenvalue weighted by atomic mass is 32.2. The van der Waals surface area contributed by atoms with E-state index in [-0.39, 0.29) is 10.6 Å². The van der Waals surface area contributed by atoms with Crippen LogP contribution in [-0.2, 0) is 20.0 Å². The fourth-order valence-corrected chi connectivity index (χ4v) is 5.89. The van der Waals surface area contributed by atoms with Gasteiger partial charge in [0.25, 0.3) is 10.0 Å². The summed E-state index contributed by atoms with van der Waals surface area (Å²) in [6.07, 6.45) is 0.297. The predicted octanol–water partition coefficient (Wildman–Crippen LogP) is 4.01. The van der Waals surface area contributed by atoms with Gasteiger partial charge in [0.15, 0.2) is 0 Å². The Labute approximate surface area is 211 Å². The molecule has 3 aromatic rings. The summed E-state index contributed by atoms with van der Waals surface area (Å²) in [7, 11) is -4.41. The van der Waals surface area contributed by atoms with E-state index in [1.165, 1.54) is 19.2 Å². The van der Waals surface area contributed by atoms with Crippen molar-refractivity contribution in [2.45, 2.75) is 24.3 Å². The van der Waals surface area contributed by atoms with E-state index in [0.29, 0.717) is 34.9 Å². The molecule has 36 heavy (non-hydrogen) atoms. The van der Waals surface area contributed by atoms with E-state index in [9.17, 15) is 16.8 Å². The van der Waals surface area contributed by atoms with Gasteiger partial charge in [0.05, 0.1) is 36.6 Å². The Kier molecular flexibility index (Phi) is 7.23. The molecule has 1 N–H and O–H groups in total. The Morgan fingerprint density at radius 1 is 0.917 bits per heavy atom. The number of anilines is 1. The third kappa shape index (κ3) is 5.31. The second-order valence-electron chi connectivity index (χ2n) is 8.08. The highest BCUT2D eigenvalue weighted by molar-refractivity contribution is 7.92. The molecule has 0 spiro atoms. The lowest BCUT2D eigenvalue weighted by atomic mass is 9.99. The average Bonchev–Trinajstić information content (AvgIpc) is 3.35. The van der Waals surface area contributed by atoms with E-state index in [2.05, 4.69) is 9.82 Å². The summed E-state index contributed by atoms with van der Waals surface area (Å²) in [6.45, 7) is 1.55. The van der Waals surface area contributed by atoms with Gasteiger partial charge in [-0.1, -0.05) is 24.3 Å². The molecule has 0 unspecified atom stereocenters. The van der Waals surface area contributed by atoms with Crippen LogP contribution in [0, 0.1) is 0 Å². The first-order valence-corrected chi connectivity index (χ1v) is 14.3. The fourth-order valence-electron chi connectivity index (χ4n) is 3.83. The molecule has 0 amide bonds. The fraction of sp³-hybridized carbons (Fsp3) is 0.240. The van der Waals surface area contributed by atoms with Crippen molar-refractivity contribution >= 4 is 31.4 Å². The maximum atomic E-state index is 13.7. The number of hydrogen-bond donors (Lipinski definition) is 1. The zero-order chi connectivity index (χ0) is 25.9. The van der Waals surface area contributed by atoms with Crippen LogP contribution in [0.15, 0.2) is 82.8 Å². The Hall–Kier alpha value is -3.57. The molecular weight excluding hydrogens is 502 g/mol. The molecule has 1 atom stereocenters. The van der Waals surface area contributed by atoms with Gasteiger partial charge < -0.3 is 9.47 Å². The quantitative estimate of drug-likeness (QED) is 0.448. The van der Waals surface area contributed by atoms with Gasteiger partial charge in [0.1, 0.15) is 11.5 Å². The molecule has 190 valence electrons. The Bertz CT molecular complexity index is 1470. The van der Waals surface area contributed by atoms with Crippen LogP contribution in [0.3, 0.4) is 0 Å². The molecule has 11 heteroatoms. The van der Waals surface area contributed by atoms with E-state index >= 15 is 0 Å². The molecular formula is C25H27N3O6S2. The first kappa shape index (κ1) is 25.5. The van der Waals surface area contributed by atoms with Crippen LogP contribution in [0.5, 0.6) is 11.5 Å². The first-order chi connectivity index (χ1) is 17.2. The minimum atomic E-state index is -4.01. The predicted molar refractivity (Wildman–Crippen MR) is 138 cm³/mol. The van der Waals surface area contributed by atoms with E-state index in [1.54, 1.807) is 62.6 Å². The number of sulfonamides is 2. The van der Waals surface area contributed by atoms with Crippen molar-refractivity contribution < 1.29 is 26.3 Å². The highest BCUT2D eigenvalue weighted by Gasteiger charge is 2.37. The Balaban J connectivity index is 1.75. The monoisotopic (exact) mass is 529 g/mol. The molecule has 0 bridgehead atoms. The topological polar surface area (TPSA) is 114 Å². The van der Waals surface area contributed by atoms with Crippen molar-refractivity contribution in [1.29, 1.82) is 0 Å². The molecule has 3 aromatic carbocycles. The van der Waals surface area contributed by atoms with Gasteiger partial charge >= 0.3 is 0 Å². The van der Waals surface area contributed by atoms with E-state index in [4.69, 9.17) is 9.47 Å². The maximum absolute atomic E-state index is 13.7. The molecule has 9 nitrogen and oxygen atoms in total. The minimum Gasteiger partial charge on any atom is -0.497 e. The van der Waals surface area contributed by atoms with Crippen molar-refractivity contribution in [3.63, 3.8) is 0 Å². The van der Waals surface area contributed by atoms with Crippen LogP contribution in [0.1, 0.15) is 30.5 Å². The molecule has 1 heterocycles. The normalized spacial score (nSPS) is 15.9. The summed E-state index contributed by atoms with van der Waals surface area (Å²) >= 11 is 0. The van der Waals surface area contributed by atoms with Crippen LogP contribution >= 0.6 is 0 Å². The highest BCUT2D eigenvalue weighted by Crippen LogP contribution is 2.38. The largest absolute Gasteiger partial charge is 0.497 e. The Morgan fingerprint density at radius 2 is 1.53 bits per heavy atom. The zero-order valence-electron chi connectivity index (χ0n) is 20.1. The average molecular weight is 530 g/mol. The van der Waals surface area contributed by atoms with E-state index in [1.807, 2.05) is 12.1 Å². The van der Waals surface area contributed by atoms with Gasteiger partial charge in [0.2, 0.25) is 10.0 Å². The molecule has 1 aliphatic heterocycles. The number of hydrazone groups is 1. The van der Waals surface area contributed by atoms with Crippen LogP contribution in [0.2, 0.25) is 0 Å². The summed E-state index contributed by atoms with van der Waals surface area (Å²) in [5.74, 6) is 1.13. The summed E-state index contributed by atoms with van der Waals surface area (Å²) in [5.41, 5.74) is 2.27. The third-order valence-corrected chi connectivity index (χ3v) is 8.83. The van der Waals surface area contributed by atoms with Crippen molar-refractivity contribution in [2.24, 2.45) is 5.10 Å². The van der Waals surface area contributed by atoms with Gasteiger partial charge in [0, 0.05) is 12.1 Å². The molecule has 0 saturated heterocycles. The van der Waals surface area contributed by atoms with Crippen molar-refractivity contribution in [1.82, 2.24) is 4.41 Å². The van der Waals surface area contributed by atoms with Gasteiger partial charge in [-0.05, 0) is 66.6 Å². The smallest absolute Gasteiger partial charge is 0.279 e. The molecule has 4 rings (SSSR count). The van der Waals surface area contributed by atoms with Gasteiger partial charge in [-0.3, -0.25) is 4.72 Å². The van der Waals surface area contributed by atoms with E-state index in [0.717, 1.165) is 9.98 Å². The minimum absolute atomic E-state index is 0.0639. The number of ether oxygens (including phenoxy) is 2. The number of nitrogens with zero attached hydrogens (tertiary/aromatic N) is 2. The van der Waals surface area contributed by atoms with Gasteiger partial charge in [-0.15, -0.1) is 0 Å². The summed E-state index contributed by atoms with van der Waals surface area (Å²) < 4.78 is 65.4. The van der Waals surface area contributed by atoms with Gasteiger partial charge in [-0.2, -0.15) is 17.9 Å². The zero-order valence-corrected chi connectivity index (χ0v) is 21.7. The third-order valence-electron chi connectivity index (χ3n) is 5.83. The van der Waals surface area contributed by atoms with Crippen molar-refractivity contribution in [3.05, 3.63) is 83.9 Å². The summed E-state index contributed by atoms with van der Waals surface area (Å²) in [6, 6.07) is 19.4. The number of nitrogens with one attached hydrogen (secondary N) is 1. The lowest BCUT2D eigenvalue weighted by Gasteiger charge is -2.23. The lowest BCUT2D eigenvalue weighted by molar-refractivity contribution is 0.370. The second kappa shape index (κ2) is 10.2. The number of hydrogen-bond acceptors (Lipinski definition) is 7. The van der Waals surface area contributed by atoms with Crippen LogP contribution in [0.25, 0.3) is 0 Å². The molecule has 1 aliphatic rings. The lowest BCUT2D eigenvalue weighted by Crippen LogP contribution is -2.27. The molecule has 0 saturated carbocycles. The van der Waals surface area contributed by atoms with Crippen LogP contribution in [0.4, 0.5) is 5.69 Å². The number of methoxy groups -OCH3 is 2. The molecule has 0 aliphatic carbocycles. The van der Waals surface area contributed by atoms with Crippen LogP contribution < -0.4 is 14.2 Å². The van der Waals surface area contributed by atoms with Crippen molar-refractivity contribution in [3.8, 4) is 11.5 Å². The maximum Gasteiger partial charge on any atom is 0.279 e. The standard InChI is InChI=1S/C25H27N3O6S2/c1-4-35(29,30)27-20-7-5-6-19(16-20)24-17-25(18-8-10-21(33-2)11-9-18)28(26-24)36(31,32)23-14-12-22(34-3)13-15-23/h5-16,25,27H,4,17H2,1-3H3/t25-/m0/s1. The molecule has 0 radical (unpaired) electrons. The van der Waals surface area contributed by atoms with Gasteiger partial charge in [-0.25, -0.2) is 8.42 Å². The van der Waals surface area contributed by atoms with Crippen LogP contribution in [-0.4, -0.2) is 46.9 Å². The summed E-state index contributed by atoms with van der Waals surface area (Å²) in [4.78, 5) is 0.0799. The van der Waals surface area contributed by atoms with E-state index < -0.39 is 26.1 Å². The van der Waals surface area contributed by atoms with Crippen molar-refractivity contribution in [2.75, 3.05) is 24.7 Å².